The van der Waals surface area contributed by atoms with E-state index in [1.165, 1.54) is 11.8 Å². The minimum Gasteiger partial charge on any atom is -0.474 e. The molecule has 1 fully saturated rings. The Morgan fingerprint density at radius 2 is 2.35 bits per heavy atom. The number of fused-ring (bicyclic) bond motifs is 1. The molecular formula is C15H16ClN4O2S+. The lowest BCUT2D eigenvalue weighted by atomic mass is 10.4. The number of amides is 1. The molecule has 1 atom stereocenters. The van der Waals surface area contributed by atoms with Gasteiger partial charge in [-0.25, -0.2) is 0 Å². The molecular weight excluding hydrogens is 336 g/mol. The summed E-state index contributed by atoms with van der Waals surface area (Å²) in [7, 11) is 0. The third kappa shape index (κ3) is 2.74. The maximum absolute atomic E-state index is 12.5. The van der Waals surface area contributed by atoms with Crippen LogP contribution in [0.2, 0.25) is 0 Å². The topological polar surface area (TPSA) is 69.6 Å². The highest BCUT2D eigenvalue weighted by molar-refractivity contribution is 8.04. The lowest BCUT2D eigenvalue weighted by Gasteiger charge is -2.01. The molecule has 4 rings (SSSR count). The molecule has 0 spiro atoms. The molecule has 120 valence electrons. The van der Waals surface area contributed by atoms with Crippen molar-refractivity contribution in [2.24, 2.45) is 0 Å². The summed E-state index contributed by atoms with van der Waals surface area (Å²) >= 11 is 7.50. The van der Waals surface area contributed by atoms with Gasteiger partial charge in [-0.3, -0.25) is 4.79 Å². The summed E-state index contributed by atoms with van der Waals surface area (Å²) < 4.78 is 3.44. The number of thioether (sulfide) groups is 1. The number of halogens is 1. The quantitative estimate of drug-likeness (QED) is 0.444. The van der Waals surface area contributed by atoms with Gasteiger partial charge in [0.25, 0.3) is 17.2 Å². The van der Waals surface area contributed by atoms with E-state index in [2.05, 4.69) is 10.6 Å². The van der Waals surface area contributed by atoms with Gasteiger partial charge in [0.2, 0.25) is 0 Å². The molecule has 1 saturated carbocycles. The minimum atomic E-state index is -0.244. The zero-order valence-corrected chi connectivity index (χ0v) is 13.8. The van der Waals surface area contributed by atoms with Crippen molar-refractivity contribution in [2.45, 2.75) is 30.3 Å². The lowest BCUT2D eigenvalue weighted by molar-refractivity contribution is -0.667. The van der Waals surface area contributed by atoms with Gasteiger partial charge in [0, 0.05) is 23.2 Å². The molecule has 1 aliphatic heterocycles. The molecule has 1 unspecified atom stereocenters. The SMILES string of the molecule is O=C(NC1CC1)c1c(O)[n+](CC2=CNC(Cl)S2)c2ccccn12. The second-order valence-corrected chi connectivity index (χ2v) is 7.57. The van der Waals surface area contributed by atoms with Crippen LogP contribution in [0.3, 0.4) is 0 Å². The van der Waals surface area contributed by atoms with Gasteiger partial charge in [0.1, 0.15) is 6.54 Å². The summed E-state index contributed by atoms with van der Waals surface area (Å²) in [4.78, 5) is 13.3. The highest BCUT2D eigenvalue weighted by Crippen LogP contribution is 2.29. The Labute approximate surface area is 142 Å². The normalized spacial score (nSPS) is 20.4. The summed E-state index contributed by atoms with van der Waals surface area (Å²) in [6, 6.07) is 5.83. The molecule has 3 N–H and O–H groups in total. The van der Waals surface area contributed by atoms with Crippen molar-refractivity contribution in [1.29, 1.82) is 0 Å². The molecule has 0 saturated heterocycles. The monoisotopic (exact) mass is 351 g/mol. The molecule has 0 radical (unpaired) electrons. The van der Waals surface area contributed by atoms with Gasteiger partial charge >= 0.3 is 5.88 Å². The van der Waals surface area contributed by atoms with E-state index >= 15 is 0 Å². The number of pyridine rings is 1. The molecule has 6 nitrogen and oxygen atoms in total. The average Bonchev–Trinajstić information content (AvgIpc) is 3.18. The summed E-state index contributed by atoms with van der Waals surface area (Å²) in [6.45, 7) is 0.455. The van der Waals surface area contributed by atoms with E-state index in [1.54, 1.807) is 15.2 Å². The number of carbonyl (C=O) groups is 1. The van der Waals surface area contributed by atoms with Crippen LogP contribution in [0.25, 0.3) is 5.65 Å². The smallest absolute Gasteiger partial charge is 0.337 e. The molecule has 23 heavy (non-hydrogen) atoms. The average molecular weight is 352 g/mol. The standard InChI is InChI=1S/C15H15ClN4O2S/c16-15-17-7-10(23-15)8-20-11-3-1-2-6-19(11)12(14(20)22)13(21)18-9-4-5-9/h1-3,6-7,9,15,17H,4-5,8H2,(H-,18,21,22)/p+1. The highest BCUT2D eigenvalue weighted by Gasteiger charge is 2.34. The van der Waals surface area contributed by atoms with Gasteiger partial charge in [-0.15, -0.1) is 0 Å². The van der Waals surface area contributed by atoms with Crippen molar-refractivity contribution in [2.75, 3.05) is 0 Å². The van der Waals surface area contributed by atoms with Gasteiger partial charge in [-0.05, 0) is 18.9 Å². The van der Waals surface area contributed by atoms with Crippen molar-refractivity contribution in [3.63, 3.8) is 0 Å². The van der Waals surface area contributed by atoms with Crippen LogP contribution in [0.5, 0.6) is 5.88 Å². The van der Waals surface area contributed by atoms with Crippen LogP contribution < -0.4 is 15.2 Å². The van der Waals surface area contributed by atoms with Crippen LogP contribution >= 0.6 is 23.4 Å². The number of aromatic hydroxyl groups is 1. The van der Waals surface area contributed by atoms with E-state index < -0.39 is 0 Å². The Bertz CT molecular complexity index is 815. The molecule has 0 bridgehead atoms. The molecule has 1 amide bonds. The summed E-state index contributed by atoms with van der Waals surface area (Å²) in [5.41, 5.74) is 1.02. The number of allylic oxidation sites excluding steroid dienone is 1. The molecule has 0 aromatic carbocycles. The summed E-state index contributed by atoms with van der Waals surface area (Å²) in [5.74, 6) is -0.278. The fraction of sp³-hybridized carbons (Fsp3) is 0.333. The van der Waals surface area contributed by atoms with Crippen molar-refractivity contribution in [1.82, 2.24) is 15.0 Å². The van der Waals surface area contributed by atoms with Crippen molar-refractivity contribution >= 4 is 34.9 Å². The van der Waals surface area contributed by atoms with Gasteiger partial charge in [-0.2, -0.15) is 8.97 Å². The van der Waals surface area contributed by atoms with E-state index in [1.807, 2.05) is 24.4 Å². The maximum Gasteiger partial charge on any atom is 0.337 e. The largest absolute Gasteiger partial charge is 0.474 e. The van der Waals surface area contributed by atoms with Crippen LogP contribution in [0.15, 0.2) is 35.5 Å². The number of hydrogen-bond donors (Lipinski definition) is 3. The van der Waals surface area contributed by atoms with Crippen LogP contribution in [0, 0.1) is 0 Å². The second-order valence-electron chi connectivity index (χ2n) is 5.65. The predicted molar refractivity (Wildman–Crippen MR) is 88.2 cm³/mol. The Morgan fingerprint density at radius 3 is 3.04 bits per heavy atom. The Balaban J connectivity index is 1.74. The minimum absolute atomic E-state index is 0.0335. The predicted octanol–water partition coefficient (Wildman–Crippen LogP) is 1.52. The number of imidazole rings is 1. The van der Waals surface area contributed by atoms with Crippen molar-refractivity contribution < 1.29 is 14.5 Å². The zero-order chi connectivity index (χ0) is 16.0. The van der Waals surface area contributed by atoms with E-state index in [4.69, 9.17) is 11.6 Å². The number of rotatable bonds is 4. The number of carbonyl (C=O) groups excluding carboxylic acids is 1. The first-order valence-corrected chi connectivity index (χ1v) is 8.73. The van der Waals surface area contributed by atoms with Gasteiger partial charge in [0.05, 0.1) is 6.20 Å². The van der Waals surface area contributed by atoms with E-state index in [9.17, 15) is 9.90 Å². The molecule has 3 heterocycles. The zero-order valence-electron chi connectivity index (χ0n) is 12.2. The fourth-order valence-corrected chi connectivity index (χ4v) is 3.78. The Hall–Kier alpha value is -1.86. The number of aromatic nitrogens is 2. The number of hydrogen-bond acceptors (Lipinski definition) is 4. The van der Waals surface area contributed by atoms with Crippen LogP contribution in [-0.4, -0.2) is 26.3 Å². The van der Waals surface area contributed by atoms with Crippen LogP contribution in [0.4, 0.5) is 0 Å². The van der Waals surface area contributed by atoms with Crippen LogP contribution in [0.1, 0.15) is 23.3 Å². The molecule has 2 aromatic rings. The van der Waals surface area contributed by atoms with Crippen molar-refractivity contribution in [3.05, 3.63) is 41.2 Å². The fourth-order valence-electron chi connectivity index (χ4n) is 2.63. The Kier molecular flexibility index (Phi) is 3.61. The third-order valence-electron chi connectivity index (χ3n) is 3.90. The highest BCUT2D eigenvalue weighted by atomic mass is 35.5. The van der Waals surface area contributed by atoms with Gasteiger partial charge in [0.15, 0.2) is 4.83 Å². The van der Waals surface area contributed by atoms with Gasteiger partial charge in [-0.1, -0.05) is 29.4 Å². The third-order valence-corrected chi connectivity index (χ3v) is 5.18. The number of alkyl halides is 1. The summed E-state index contributed by atoms with van der Waals surface area (Å²) in [5, 5.41) is 16.6. The number of nitrogens with zero attached hydrogens (tertiary/aromatic N) is 2. The lowest BCUT2D eigenvalue weighted by Crippen LogP contribution is -2.34. The van der Waals surface area contributed by atoms with Gasteiger partial charge < -0.3 is 15.7 Å². The molecule has 2 aromatic heterocycles. The molecule has 2 aliphatic rings. The summed E-state index contributed by atoms with van der Waals surface area (Å²) in [6.07, 6.45) is 5.63. The maximum atomic E-state index is 12.5. The number of nitrogens with one attached hydrogen (secondary N) is 2. The van der Waals surface area contributed by atoms with E-state index in [-0.39, 0.29) is 28.4 Å². The van der Waals surface area contributed by atoms with E-state index in [0.717, 1.165) is 23.4 Å². The second kappa shape index (κ2) is 5.65. The van der Waals surface area contributed by atoms with Crippen LogP contribution in [-0.2, 0) is 6.54 Å². The first-order chi connectivity index (χ1) is 11.1. The molecule has 1 aliphatic carbocycles. The Morgan fingerprint density at radius 1 is 1.52 bits per heavy atom. The first kappa shape index (κ1) is 14.7. The van der Waals surface area contributed by atoms with E-state index in [0.29, 0.717) is 6.54 Å². The molecule has 8 heteroatoms. The van der Waals surface area contributed by atoms with Crippen molar-refractivity contribution in [3.8, 4) is 5.88 Å². The first-order valence-electron chi connectivity index (χ1n) is 7.42.